The zero-order valence-electron chi connectivity index (χ0n) is 21.7. The van der Waals surface area contributed by atoms with Gasteiger partial charge in [-0.25, -0.2) is 9.98 Å². The van der Waals surface area contributed by atoms with Crippen LogP contribution >= 0.6 is 0 Å². The van der Waals surface area contributed by atoms with Crippen LogP contribution in [0.5, 0.6) is 0 Å². The second kappa shape index (κ2) is 8.98. The number of carbonyl (C=O) groups is 1. The molecule has 0 N–H and O–H groups in total. The van der Waals surface area contributed by atoms with Gasteiger partial charge in [0, 0.05) is 20.0 Å². The molecular weight excluding hydrogens is 470 g/mol. The van der Waals surface area contributed by atoms with E-state index in [-0.39, 0.29) is 11.4 Å². The number of imidazole rings is 1. The van der Waals surface area contributed by atoms with E-state index in [0.717, 1.165) is 42.6 Å². The Labute approximate surface area is 223 Å². The summed E-state index contributed by atoms with van der Waals surface area (Å²) in [5, 5.41) is 0. The molecule has 38 heavy (non-hydrogen) atoms. The van der Waals surface area contributed by atoms with Gasteiger partial charge in [0.1, 0.15) is 5.82 Å². The highest BCUT2D eigenvalue weighted by Crippen LogP contribution is 2.42. The second-order valence-electron chi connectivity index (χ2n) is 10.8. The number of hydrogen-bond donors (Lipinski definition) is 0. The Balaban J connectivity index is 1.36. The second-order valence-corrected chi connectivity index (χ2v) is 10.8. The molecule has 3 aromatic carbocycles. The number of guanidine groups is 1. The van der Waals surface area contributed by atoms with Crippen LogP contribution in [0.15, 0.2) is 89.9 Å². The number of fused-ring (bicyclic) bond motifs is 3. The molecule has 0 saturated heterocycles. The summed E-state index contributed by atoms with van der Waals surface area (Å²) in [6.45, 7) is 1.40. The highest BCUT2D eigenvalue weighted by molar-refractivity contribution is 6.18. The van der Waals surface area contributed by atoms with E-state index in [1.807, 2.05) is 31.3 Å². The quantitative estimate of drug-likeness (QED) is 0.349. The molecule has 1 fully saturated rings. The van der Waals surface area contributed by atoms with Crippen molar-refractivity contribution in [1.29, 1.82) is 0 Å². The molecule has 3 aliphatic rings. The molecule has 0 bridgehead atoms. The predicted octanol–water partition coefficient (Wildman–Crippen LogP) is 5.76. The number of anilines is 1. The molecule has 1 aliphatic carbocycles. The van der Waals surface area contributed by atoms with Crippen LogP contribution in [0.1, 0.15) is 53.1 Å². The number of rotatable bonds is 5. The van der Waals surface area contributed by atoms with Crippen molar-refractivity contribution in [1.82, 2.24) is 14.5 Å². The highest BCUT2D eigenvalue weighted by atomic mass is 16.2. The molecule has 2 aliphatic heterocycles. The van der Waals surface area contributed by atoms with Gasteiger partial charge in [0.05, 0.1) is 12.1 Å². The summed E-state index contributed by atoms with van der Waals surface area (Å²) in [5.74, 6) is 2.39. The Hall–Kier alpha value is -4.19. The largest absolute Gasteiger partial charge is 0.317 e. The minimum Gasteiger partial charge on any atom is -0.317 e. The molecule has 190 valence electrons. The Morgan fingerprint density at radius 1 is 0.868 bits per heavy atom. The Kier molecular flexibility index (Phi) is 5.43. The van der Waals surface area contributed by atoms with Crippen LogP contribution in [0.2, 0.25) is 0 Å². The maximum absolute atomic E-state index is 13.9. The van der Waals surface area contributed by atoms with E-state index in [2.05, 4.69) is 70.1 Å². The van der Waals surface area contributed by atoms with E-state index < -0.39 is 0 Å². The summed E-state index contributed by atoms with van der Waals surface area (Å²) in [7, 11) is 1.86. The number of aliphatic imine (C=N–C) groups is 1. The van der Waals surface area contributed by atoms with E-state index in [9.17, 15) is 4.79 Å². The maximum atomic E-state index is 13.9. The molecule has 4 aromatic rings. The van der Waals surface area contributed by atoms with Gasteiger partial charge < -0.3 is 4.57 Å². The molecule has 6 nitrogen and oxygen atoms in total. The summed E-state index contributed by atoms with van der Waals surface area (Å²) in [5.41, 5.74) is 5.29. The average Bonchev–Trinajstić information content (AvgIpc) is 3.67. The molecule has 1 amide bonds. The highest BCUT2D eigenvalue weighted by Gasteiger charge is 2.49. The molecule has 1 spiro atoms. The molecule has 7 rings (SSSR count). The predicted molar refractivity (Wildman–Crippen MR) is 151 cm³/mol. The lowest BCUT2D eigenvalue weighted by Gasteiger charge is -2.31. The topological polar surface area (TPSA) is 53.7 Å². The fourth-order valence-corrected chi connectivity index (χ4v) is 6.35. The van der Waals surface area contributed by atoms with Gasteiger partial charge in [0.25, 0.3) is 5.91 Å². The van der Waals surface area contributed by atoms with E-state index in [0.29, 0.717) is 18.7 Å². The molecule has 0 radical (unpaired) electrons. The molecule has 1 saturated carbocycles. The van der Waals surface area contributed by atoms with Crippen LogP contribution in [-0.2, 0) is 13.0 Å². The van der Waals surface area contributed by atoms with Crippen LogP contribution in [0.25, 0.3) is 11.1 Å². The third-order valence-electron chi connectivity index (χ3n) is 8.29. The van der Waals surface area contributed by atoms with Gasteiger partial charge in [-0.3, -0.25) is 14.6 Å². The zero-order chi connectivity index (χ0) is 25.7. The summed E-state index contributed by atoms with van der Waals surface area (Å²) in [4.78, 5) is 28.2. The van der Waals surface area contributed by atoms with E-state index in [4.69, 9.17) is 9.98 Å². The van der Waals surface area contributed by atoms with Crippen molar-refractivity contribution >= 4 is 17.7 Å². The zero-order valence-corrected chi connectivity index (χ0v) is 21.7. The average molecular weight is 502 g/mol. The molecule has 0 atom stereocenters. The lowest BCUT2D eigenvalue weighted by molar-refractivity contribution is 0.0855. The number of amides is 1. The first-order valence-corrected chi connectivity index (χ1v) is 13.5. The van der Waals surface area contributed by atoms with Crippen molar-refractivity contribution in [3.05, 3.63) is 108 Å². The summed E-state index contributed by atoms with van der Waals surface area (Å²) >= 11 is 0. The molecule has 6 heteroatoms. The van der Waals surface area contributed by atoms with Crippen LogP contribution in [-0.4, -0.2) is 45.4 Å². The molecule has 3 heterocycles. The number of carbonyl (C=O) groups excluding carboxylic acids is 1. The van der Waals surface area contributed by atoms with E-state index in [1.54, 1.807) is 4.90 Å². The first-order valence-electron chi connectivity index (χ1n) is 13.5. The minimum atomic E-state index is -0.0885. The number of benzene rings is 3. The van der Waals surface area contributed by atoms with Crippen LogP contribution in [0.3, 0.4) is 0 Å². The van der Waals surface area contributed by atoms with Crippen LogP contribution < -0.4 is 4.90 Å². The molecular formula is C32H31N5O. The Morgan fingerprint density at radius 2 is 1.55 bits per heavy atom. The van der Waals surface area contributed by atoms with Crippen molar-refractivity contribution in [2.24, 2.45) is 4.99 Å². The van der Waals surface area contributed by atoms with Crippen molar-refractivity contribution < 1.29 is 4.79 Å². The maximum Gasteiger partial charge on any atom is 0.280 e. The third kappa shape index (κ3) is 3.74. The Morgan fingerprint density at radius 3 is 2.32 bits per heavy atom. The van der Waals surface area contributed by atoms with Crippen LogP contribution in [0, 0.1) is 0 Å². The summed E-state index contributed by atoms with van der Waals surface area (Å²) < 4.78 is 2.14. The summed E-state index contributed by atoms with van der Waals surface area (Å²) in [6, 6.07) is 29.3. The van der Waals surface area contributed by atoms with Gasteiger partial charge in [0.15, 0.2) is 11.5 Å². The smallest absolute Gasteiger partial charge is 0.280 e. The van der Waals surface area contributed by atoms with E-state index >= 15 is 0 Å². The Bertz CT molecular complexity index is 1530. The third-order valence-corrected chi connectivity index (χ3v) is 8.29. The van der Waals surface area contributed by atoms with Gasteiger partial charge in [-0.05, 0) is 35.1 Å². The van der Waals surface area contributed by atoms with Crippen molar-refractivity contribution in [3.8, 4) is 11.1 Å². The lowest BCUT2D eigenvalue weighted by atomic mass is 9.97. The monoisotopic (exact) mass is 501 g/mol. The first-order chi connectivity index (χ1) is 18.6. The fraction of sp³-hybridized carbons (Fsp3) is 0.281. The molecule has 1 aromatic heterocycles. The van der Waals surface area contributed by atoms with Gasteiger partial charge in [-0.15, -0.1) is 0 Å². The number of aromatic nitrogens is 2. The normalized spacial score (nSPS) is 17.6. The summed E-state index contributed by atoms with van der Waals surface area (Å²) in [6.07, 6.45) is 5.17. The SMILES string of the molecule is CN1C(=O)c2c(nc(Cc3ccccc3-c3ccccc3)n2Cc2ccccc2)N2CC3(CCCC3)N=C12. The molecule has 0 unspecified atom stereocenters. The minimum absolute atomic E-state index is 0.0314. The van der Waals surface area contributed by atoms with Crippen molar-refractivity contribution in [3.63, 3.8) is 0 Å². The fourth-order valence-electron chi connectivity index (χ4n) is 6.35. The van der Waals surface area contributed by atoms with Crippen molar-refractivity contribution in [2.75, 3.05) is 18.5 Å². The van der Waals surface area contributed by atoms with E-state index in [1.165, 1.54) is 29.5 Å². The lowest BCUT2D eigenvalue weighted by Crippen LogP contribution is -2.49. The van der Waals surface area contributed by atoms with Gasteiger partial charge in [-0.2, -0.15) is 0 Å². The van der Waals surface area contributed by atoms with Crippen LogP contribution in [0.4, 0.5) is 5.82 Å². The van der Waals surface area contributed by atoms with Gasteiger partial charge in [-0.1, -0.05) is 97.8 Å². The number of hydrogen-bond acceptors (Lipinski definition) is 4. The van der Waals surface area contributed by atoms with Gasteiger partial charge >= 0.3 is 0 Å². The number of nitrogens with zero attached hydrogens (tertiary/aromatic N) is 5. The van der Waals surface area contributed by atoms with Gasteiger partial charge in [0.2, 0.25) is 5.96 Å². The van der Waals surface area contributed by atoms with Crippen molar-refractivity contribution in [2.45, 2.75) is 44.2 Å². The standard InChI is InChI=1S/C32H31N5O/c1-35-30(38)28-29(37-22-32(34-31(35)37)18-10-11-19-32)33-27(36(28)21-23-12-4-2-5-13-23)20-25-16-8-9-17-26(25)24-14-6-3-7-15-24/h2-9,12-17H,10-11,18-22H2,1H3. The first kappa shape index (κ1) is 23.0.